The van der Waals surface area contributed by atoms with Crippen molar-refractivity contribution in [1.29, 1.82) is 0 Å². The summed E-state index contributed by atoms with van der Waals surface area (Å²) in [7, 11) is -1.25. The first-order valence-electron chi connectivity index (χ1n) is 14.0. The number of hydrogen-bond donors (Lipinski definition) is 1. The third kappa shape index (κ3) is 6.91. The van der Waals surface area contributed by atoms with E-state index in [9.17, 15) is 4.79 Å². The molecule has 224 valence electrons. The molecular formula is C31H37F2N3O4SSi. The van der Waals surface area contributed by atoms with Crippen molar-refractivity contribution in [3.8, 4) is 22.6 Å². The highest BCUT2D eigenvalue weighted by molar-refractivity contribution is 7.10. The summed E-state index contributed by atoms with van der Waals surface area (Å²) in [6.45, 7) is 13.5. The second-order valence-electron chi connectivity index (χ2n) is 12.5. The summed E-state index contributed by atoms with van der Waals surface area (Å²) in [5.74, 6) is -2.33. The molecule has 5 rings (SSSR count). The standard InChI is InChI=1S/C31H37F2N3O4SSi/c1-20-22(7-10-41-20)23-15-36(19-38-9-11-42(3,4)5)30-28(23)26(6-8-34-30)40-29-24(32)12-21(13-25(29)33)14-27(37)35-16-31(2)17-39-18-31/h6-8,10,12-13,15H,9,11,14,16-19H2,1-5H3,(H,35,37). The van der Waals surface area contributed by atoms with Gasteiger partial charge >= 0.3 is 0 Å². The summed E-state index contributed by atoms with van der Waals surface area (Å²) in [6, 6.07) is 6.95. The van der Waals surface area contributed by atoms with E-state index in [4.69, 9.17) is 14.2 Å². The van der Waals surface area contributed by atoms with Crippen LogP contribution in [0.5, 0.6) is 11.5 Å². The Balaban J connectivity index is 1.40. The monoisotopic (exact) mass is 613 g/mol. The fraction of sp³-hybridized carbons (Fsp3) is 0.419. The van der Waals surface area contributed by atoms with Crippen LogP contribution < -0.4 is 10.1 Å². The number of amides is 1. The van der Waals surface area contributed by atoms with Gasteiger partial charge in [0.15, 0.2) is 17.4 Å². The van der Waals surface area contributed by atoms with Gasteiger partial charge in [0.05, 0.1) is 25.0 Å². The van der Waals surface area contributed by atoms with Crippen molar-refractivity contribution >= 4 is 36.4 Å². The first kappa shape index (κ1) is 30.3. The number of thiophene rings is 1. The van der Waals surface area contributed by atoms with E-state index >= 15 is 8.78 Å². The summed E-state index contributed by atoms with van der Waals surface area (Å²) in [5, 5.41) is 5.47. The van der Waals surface area contributed by atoms with Gasteiger partial charge in [0.2, 0.25) is 5.91 Å². The van der Waals surface area contributed by atoms with Crippen LogP contribution in [-0.2, 0) is 27.4 Å². The number of hydrogen-bond acceptors (Lipinski definition) is 6. The van der Waals surface area contributed by atoms with E-state index in [2.05, 4.69) is 29.9 Å². The molecule has 42 heavy (non-hydrogen) atoms. The second-order valence-corrected chi connectivity index (χ2v) is 19.2. The zero-order chi connectivity index (χ0) is 30.1. The SMILES string of the molecule is Cc1sccc1-c1cn(COCC[Si](C)(C)C)c2nccc(Oc3c(F)cc(CC(=O)NCC4(C)COC4)cc3F)c12. The molecule has 4 heterocycles. The van der Waals surface area contributed by atoms with Crippen LogP contribution in [0.2, 0.25) is 25.7 Å². The van der Waals surface area contributed by atoms with Gasteiger partial charge < -0.3 is 24.1 Å². The number of ether oxygens (including phenoxy) is 3. The van der Waals surface area contributed by atoms with E-state index in [0.717, 1.165) is 34.2 Å². The lowest BCUT2D eigenvalue weighted by Gasteiger charge is -2.38. The number of benzene rings is 1. The average molecular weight is 614 g/mol. The van der Waals surface area contributed by atoms with Crippen LogP contribution in [0.3, 0.4) is 0 Å². The molecule has 1 saturated heterocycles. The molecule has 0 saturated carbocycles. The number of halogens is 2. The Bertz CT molecular complexity index is 1570. The maximum Gasteiger partial charge on any atom is 0.224 e. The third-order valence-corrected chi connectivity index (χ3v) is 9.89. The maximum absolute atomic E-state index is 15.3. The van der Waals surface area contributed by atoms with Crippen LogP contribution in [0.4, 0.5) is 8.78 Å². The summed E-state index contributed by atoms with van der Waals surface area (Å²) in [5.41, 5.74) is 2.56. The van der Waals surface area contributed by atoms with Crippen molar-refractivity contribution in [1.82, 2.24) is 14.9 Å². The molecule has 1 fully saturated rings. The molecular weight excluding hydrogens is 577 g/mol. The van der Waals surface area contributed by atoms with Crippen molar-refractivity contribution in [3.63, 3.8) is 0 Å². The highest BCUT2D eigenvalue weighted by Gasteiger charge is 2.33. The Morgan fingerprint density at radius 1 is 1.19 bits per heavy atom. The lowest BCUT2D eigenvalue weighted by atomic mass is 9.89. The summed E-state index contributed by atoms with van der Waals surface area (Å²) in [6.07, 6.45) is 3.37. The van der Waals surface area contributed by atoms with E-state index < -0.39 is 25.5 Å². The third-order valence-electron chi connectivity index (χ3n) is 7.34. The Labute approximate surface area is 249 Å². The molecule has 1 amide bonds. The number of carbonyl (C=O) groups excluding carboxylic acids is 1. The summed E-state index contributed by atoms with van der Waals surface area (Å²) in [4.78, 5) is 18.1. The second kappa shape index (κ2) is 12.2. The fourth-order valence-corrected chi connectivity index (χ4v) is 6.28. The van der Waals surface area contributed by atoms with Gasteiger partial charge in [-0.25, -0.2) is 13.8 Å². The molecule has 1 aliphatic heterocycles. The predicted octanol–water partition coefficient (Wildman–Crippen LogP) is 7.15. The molecule has 4 aromatic rings. The van der Waals surface area contributed by atoms with Crippen LogP contribution in [-0.4, -0.2) is 49.9 Å². The van der Waals surface area contributed by atoms with Gasteiger partial charge in [0.1, 0.15) is 18.1 Å². The quantitative estimate of drug-likeness (QED) is 0.136. The van der Waals surface area contributed by atoms with E-state index in [1.54, 1.807) is 23.6 Å². The first-order valence-corrected chi connectivity index (χ1v) is 18.6. The molecule has 1 N–H and O–H groups in total. The van der Waals surface area contributed by atoms with Crippen LogP contribution in [0.1, 0.15) is 17.4 Å². The average Bonchev–Trinajstić information content (AvgIpc) is 3.49. The van der Waals surface area contributed by atoms with Crippen LogP contribution in [0.25, 0.3) is 22.2 Å². The number of pyridine rings is 1. The molecule has 0 radical (unpaired) electrons. The van der Waals surface area contributed by atoms with E-state index in [-0.39, 0.29) is 29.1 Å². The van der Waals surface area contributed by atoms with Crippen LogP contribution in [0.15, 0.2) is 42.0 Å². The Morgan fingerprint density at radius 2 is 1.93 bits per heavy atom. The highest BCUT2D eigenvalue weighted by atomic mass is 32.1. The van der Waals surface area contributed by atoms with Gasteiger partial charge in [-0.1, -0.05) is 26.6 Å². The summed E-state index contributed by atoms with van der Waals surface area (Å²) < 4.78 is 49.6. The van der Waals surface area contributed by atoms with Gasteiger partial charge in [-0.15, -0.1) is 11.3 Å². The Hall–Kier alpha value is -3.12. The zero-order valence-electron chi connectivity index (χ0n) is 24.7. The van der Waals surface area contributed by atoms with Gasteiger partial charge in [-0.2, -0.15) is 0 Å². The fourth-order valence-electron chi connectivity index (χ4n) is 4.81. The Morgan fingerprint density at radius 3 is 2.55 bits per heavy atom. The minimum Gasteiger partial charge on any atom is -0.450 e. The van der Waals surface area contributed by atoms with Gasteiger partial charge in [0, 0.05) is 49.5 Å². The first-order chi connectivity index (χ1) is 19.9. The number of rotatable bonds is 12. The van der Waals surface area contributed by atoms with Crippen LogP contribution >= 0.6 is 11.3 Å². The van der Waals surface area contributed by atoms with Crippen molar-refractivity contribution in [2.24, 2.45) is 5.41 Å². The minimum atomic E-state index is -1.25. The summed E-state index contributed by atoms with van der Waals surface area (Å²) >= 11 is 1.62. The number of fused-ring (bicyclic) bond motifs is 1. The Kier molecular flexibility index (Phi) is 8.84. The van der Waals surface area contributed by atoms with Gasteiger partial charge in [0.25, 0.3) is 0 Å². The van der Waals surface area contributed by atoms with Crippen molar-refractivity contribution in [2.75, 3.05) is 26.4 Å². The molecule has 0 aliphatic carbocycles. The van der Waals surface area contributed by atoms with Gasteiger partial charge in [-0.05, 0) is 53.7 Å². The normalized spacial score (nSPS) is 14.6. The lowest BCUT2D eigenvalue weighted by molar-refractivity contribution is -0.126. The number of aromatic nitrogens is 2. The number of aryl methyl sites for hydroxylation is 1. The highest BCUT2D eigenvalue weighted by Crippen LogP contribution is 2.41. The molecule has 1 aromatic carbocycles. The molecule has 0 unspecified atom stereocenters. The van der Waals surface area contributed by atoms with E-state index in [0.29, 0.717) is 44.1 Å². The molecule has 3 aromatic heterocycles. The molecule has 7 nitrogen and oxygen atoms in total. The minimum absolute atomic E-state index is 0.0980. The molecule has 11 heteroatoms. The van der Waals surface area contributed by atoms with E-state index in [1.807, 2.05) is 36.1 Å². The number of nitrogens with zero attached hydrogens (tertiary/aromatic N) is 2. The van der Waals surface area contributed by atoms with Crippen molar-refractivity contribution in [3.05, 3.63) is 64.1 Å². The topological polar surface area (TPSA) is 74.6 Å². The van der Waals surface area contributed by atoms with Crippen molar-refractivity contribution < 1.29 is 27.8 Å². The lowest BCUT2D eigenvalue weighted by Crippen LogP contribution is -2.48. The number of nitrogens with one attached hydrogen (secondary N) is 1. The van der Waals surface area contributed by atoms with Crippen molar-refractivity contribution in [2.45, 2.75) is 52.7 Å². The van der Waals surface area contributed by atoms with Crippen LogP contribution in [0, 0.1) is 24.0 Å². The van der Waals surface area contributed by atoms with E-state index in [1.165, 1.54) is 0 Å². The molecule has 0 spiro atoms. The molecule has 0 atom stereocenters. The van der Waals surface area contributed by atoms with Gasteiger partial charge in [-0.3, -0.25) is 4.79 Å². The zero-order valence-corrected chi connectivity index (χ0v) is 26.5. The predicted molar refractivity (Wildman–Crippen MR) is 164 cm³/mol. The smallest absolute Gasteiger partial charge is 0.224 e. The maximum atomic E-state index is 15.3. The number of carbonyl (C=O) groups is 1. The molecule has 1 aliphatic rings. The largest absolute Gasteiger partial charge is 0.450 e. The molecule has 0 bridgehead atoms.